The number of carbonyl (C=O) groups excluding carboxylic acids is 2. The highest BCUT2D eigenvalue weighted by molar-refractivity contribution is 5.95. The van der Waals surface area contributed by atoms with Crippen LogP contribution in [-0.2, 0) is 0 Å². The van der Waals surface area contributed by atoms with E-state index in [0.29, 0.717) is 5.56 Å². The maximum Gasteiger partial charge on any atom is 0.284 e. The highest BCUT2D eigenvalue weighted by atomic mass is 16.4. The monoisotopic (exact) mass is 293 g/mol. The molecule has 0 radical (unpaired) electrons. The van der Waals surface area contributed by atoms with Gasteiger partial charge in [-0.05, 0) is 51.8 Å². The topological polar surface area (TPSA) is 103 Å². The Morgan fingerprint density at radius 1 is 1.33 bits per heavy atom. The summed E-state index contributed by atoms with van der Waals surface area (Å²) in [6, 6.07) is 1.57. The molecule has 0 bridgehead atoms. The smallest absolute Gasteiger partial charge is 0.284 e. The summed E-state index contributed by atoms with van der Waals surface area (Å²) >= 11 is 0. The second kappa shape index (κ2) is 5.18. The SMILES string of the molecule is CC1C(c2cc(C(N)=O)oc2C(N)=O)CCN(C)C1(C)C. The maximum atomic E-state index is 11.6. The zero-order chi connectivity index (χ0) is 15.9. The van der Waals surface area contributed by atoms with Crippen molar-refractivity contribution < 1.29 is 14.0 Å². The molecule has 4 N–H and O–H groups in total. The first kappa shape index (κ1) is 15.6. The molecule has 2 atom stereocenters. The largest absolute Gasteiger partial charge is 0.445 e. The number of likely N-dealkylation sites (tertiary alicyclic amines) is 1. The molecule has 0 saturated carbocycles. The third-order valence-corrected chi connectivity index (χ3v) is 5.10. The average molecular weight is 293 g/mol. The molecule has 2 heterocycles. The lowest BCUT2D eigenvalue weighted by atomic mass is 9.70. The summed E-state index contributed by atoms with van der Waals surface area (Å²) in [5, 5.41) is 0. The van der Waals surface area contributed by atoms with Crippen molar-refractivity contribution >= 4 is 11.8 Å². The number of rotatable bonds is 3. The van der Waals surface area contributed by atoms with Gasteiger partial charge in [0.15, 0.2) is 11.5 Å². The number of amides is 2. The Labute approximate surface area is 124 Å². The van der Waals surface area contributed by atoms with Crippen molar-refractivity contribution in [1.82, 2.24) is 4.90 Å². The molecule has 116 valence electrons. The maximum absolute atomic E-state index is 11.6. The summed E-state index contributed by atoms with van der Waals surface area (Å²) in [6.45, 7) is 7.38. The van der Waals surface area contributed by atoms with Gasteiger partial charge in [-0.25, -0.2) is 0 Å². The van der Waals surface area contributed by atoms with Gasteiger partial charge in [0.1, 0.15) is 0 Å². The van der Waals surface area contributed by atoms with Crippen LogP contribution in [0.2, 0.25) is 0 Å². The van der Waals surface area contributed by atoms with Crippen LogP contribution in [0.15, 0.2) is 10.5 Å². The molecule has 1 aromatic rings. The minimum atomic E-state index is -0.691. The number of nitrogens with zero attached hydrogens (tertiary/aromatic N) is 1. The molecule has 0 aromatic carbocycles. The summed E-state index contributed by atoms with van der Waals surface area (Å²) in [7, 11) is 2.09. The van der Waals surface area contributed by atoms with Gasteiger partial charge in [-0.3, -0.25) is 9.59 Å². The lowest BCUT2D eigenvalue weighted by Crippen LogP contribution is -2.52. The Hall–Kier alpha value is -1.82. The van der Waals surface area contributed by atoms with Crippen LogP contribution in [-0.4, -0.2) is 35.8 Å². The van der Waals surface area contributed by atoms with Crippen molar-refractivity contribution in [2.24, 2.45) is 17.4 Å². The molecule has 1 aliphatic heterocycles. The number of nitrogens with two attached hydrogens (primary N) is 2. The Bertz CT molecular complexity index is 577. The normalized spacial score (nSPS) is 25.7. The minimum Gasteiger partial charge on any atom is -0.445 e. The van der Waals surface area contributed by atoms with E-state index in [4.69, 9.17) is 15.9 Å². The van der Waals surface area contributed by atoms with Crippen LogP contribution >= 0.6 is 0 Å². The van der Waals surface area contributed by atoms with Crippen molar-refractivity contribution in [2.75, 3.05) is 13.6 Å². The van der Waals surface area contributed by atoms with Crippen molar-refractivity contribution in [2.45, 2.75) is 38.6 Å². The zero-order valence-corrected chi connectivity index (χ0v) is 13.0. The fourth-order valence-corrected chi connectivity index (χ4v) is 3.13. The average Bonchev–Trinajstić information content (AvgIpc) is 2.82. The van der Waals surface area contributed by atoms with E-state index in [1.807, 2.05) is 0 Å². The predicted octanol–water partition coefficient (Wildman–Crippen LogP) is 1.31. The Morgan fingerprint density at radius 2 is 1.95 bits per heavy atom. The molecule has 0 aliphatic carbocycles. The van der Waals surface area contributed by atoms with Gasteiger partial charge >= 0.3 is 0 Å². The molecule has 2 unspecified atom stereocenters. The van der Waals surface area contributed by atoms with Gasteiger partial charge in [0, 0.05) is 11.1 Å². The van der Waals surface area contributed by atoms with Crippen molar-refractivity contribution in [3.63, 3.8) is 0 Å². The number of hydrogen-bond donors (Lipinski definition) is 2. The van der Waals surface area contributed by atoms with Gasteiger partial charge in [-0.1, -0.05) is 6.92 Å². The van der Waals surface area contributed by atoms with Gasteiger partial charge in [-0.2, -0.15) is 0 Å². The van der Waals surface area contributed by atoms with Crippen LogP contribution in [0.5, 0.6) is 0 Å². The van der Waals surface area contributed by atoms with Crippen LogP contribution in [0.1, 0.15) is 59.8 Å². The first-order chi connectivity index (χ1) is 9.66. The van der Waals surface area contributed by atoms with Crippen LogP contribution < -0.4 is 11.5 Å². The van der Waals surface area contributed by atoms with Gasteiger partial charge in [0.2, 0.25) is 0 Å². The number of furan rings is 1. The van der Waals surface area contributed by atoms with E-state index >= 15 is 0 Å². The van der Waals surface area contributed by atoms with E-state index in [-0.39, 0.29) is 28.9 Å². The lowest BCUT2D eigenvalue weighted by Gasteiger charge is -2.49. The Morgan fingerprint density at radius 3 is 2.48 bits per heavy atom. The quantitative estimate of drug-likeness (QED) is 0.877. The summed E-state index contributed by atoms with van der Waals surface area (Å²) in [5.41, 5.74) is 11.3. The number of carbonyl (C=O) groups is 2. The molecule has 2 rings (SSSR count). The highest BCUT2D eigenvalue weighted by Crippen LogP contribution is 2.43. The summed E-state index contributed by atoms with van der Waals surface area (Å²) in [6.07, 6.45) is 0.874. The number of hydrogen-bond acceptors (Lipinski definition) is 4. The molecule has 1 aromatic heterocycles. The summed E-state index contributed by atoms with van der Waals surface area (Å²) in [5.74, 6) is -0.933. The van der Waals surface area contributed by atoms with E-state index < -0.39 is 11.8 Å². The van der Waals surface area contributed by atoms with Crippen molar-refractivity contribution in [1.29, 1.82) is 0 Å². The zero-order valence-electron chi connectivity index (χ0n) is 13.0. The highest BCUT2D eigenvalue weighted by Gasteiger charge is 2.42. The number of piperidine rings is 1. The molecule has 1 saturated heterocycles. The second-order valence-electron chi connectivity index (χ2n) is 6.38. The third-order valence-electron chi connectivity index (χ3n) is 5.10. The molecular weight excluding hydrogens is 270 g/mol. The van der Waals surface area contributed by atoms with E-state index in [2.05, 4.69) is 32.7 Å². The summed E-state index contributed by atoms with van der Waals surface area (Å²) in [4.78, 5) is 25.2. The molecule has 0 spiro atoms. The Balaban J connectivity index is 2.46. The van der Waals surface area contributed by atoms with Crippen LogP contribution in [0, 0.1) is 5.92 Å². The molecular formula is C15H23N3O3. The molecule has 21 heavy (non-hydrogen) atoms. The van der Waals surface area contributed by atoms with E-state index in [1.165, 1.54) is 0 Å². The van der Waals surface area contributed by atoms with Crippen LogP contribution in [0.3, 0.4) is 0 Å². The van der Waals surface area contributed by atoms with Gasteiger partial charge < -0.3 is 20.8 Å². The van der Waals surface area contributed by atoms with Crippen molar-refractivity contribution in [3.05, 3.63) is 23.2 Å². The second-order valence-corrected chi connectivity index (χ2v) is 6.38. The lowest BCUT2D eigenvalue weighted by molar-refractivity contribution is 0.0381. The fraction of sp³-hybridized carbons (Fsp3) is 0.600. The fourth-order valence-electron chi connectivity index (χ4n) is 3.13. The first-order valence-corrected chi connectivity index (χ1v) is 7.10. The molecule has 6 heteroatoms. The standard InChI is InChI=1S/C15H23N3O3/c1-8-9(5-6-18(4)15(8,2)3)10-7-11(13(16)19)21-12(10)14(17)20/h7-9H,5-6H2,1-4H3,(H2,16,19)(H2,17,20). The van der Waals surface area contributed by atoms with Crippen LogP contribution in [0.4, 0.5) is 0 Å². The van der Waals surface area contributed by atoms with Crippen LogP contribution in [0.25, 0.3) is 0 Å². The van der Waals surface area contributed by atoms with E-state index in [1.54, 1.807) is 6.07 Å². The molecule has 1 fully saturated rings. The third kappa shape index (κ3) is 2.55. The Kier molecular flexibility index (Phi) is 3.84. The van der Waals surface area contributed by atoms with E-state index in [0.717, 1.165) is 13.0 Å². The first-order valence-electron chi connectivity index (χ1n) is 7.10. The summed E-state index contributed by atoms with van der Waals surface area (Å²) < 4.78 is 5.27. The molecule has 1 aliphatic rings. The van der Waals surface area contributed by atoms with Crippen molar-refractivity contribution in [3.8, 4) is 0 Å². The van der Waals surface area contributed by atoms with Gasteiger partial charge in [0.25, 0.3) is 11.8 Å². The van der Waals surface area contributed by atoms with E-state index in [9.17, 15) is 9.59 Å². The molecule has 2 amide bonds. The van der Waals surface area contributed by atoms with Gasteiger partial charge in [0.05, 0.1) is 0 Å². The molecule has 6 nitrogen and oxygen atoms in total. The van der Waals surface area contributed by atoms with Gasteiger partial charge in [-0.15, -0.1) is 0 Å². The predicted molar refractivity (Wildman–Crippen MR) is 79.0 cm³/mol. The number of primary amides is 2. The minimum absolute atomic E-state index is 0.0114.